The number of carboxylic acid groups (broad SMARTS) is 2. The molecule has 0 saturated carbocycles. The van der Waals surface area contributed by atoms with E-state index in [-0.39, 0.29) is 5.57 Å². The normalized spacial score (nSPS) is 20.5. The number of rotatable bonds is 3. The molecule has 29 heavy (non-hydrogen) atoms. The topological polar surface area (TPSA) is 87.7 Å². The number of allylic oxidation sites excluding steroid dienone is 2. The van der Waals surface area contributed by atoms with Gasteiger partial charge in [-0.1, -0.05) is 82.7 Å². The molecule has 0 aliphatic heterocycles. The van der Waals surface area contributed by atoms with Gasteiger partial charge < -0.3 is 14.6 Å². The lowest BCUT2D eigenvalue weighted by molar-refractivity contribution is -0.145. The SMILES string of the molecule is CC1(C(=O)O)C=CC=C(C(=O)O)C1Br.c1ccc(-c2cc3ccccc3o2)cc1. The summed E-state index contributed by atoms with van der Waals surface area (Å²) in [4.78, 5) is 21.0. The lowest BCUT2D eigenvalue weighted by atomic mass is 9.80. The first-order valence-corrected chi connectivity index (χ1v) is 9.78. The summed E-state index contributed by atoms with van der Waals surface area (Å²) in [5.41, 5.74) is 0.908. The van der Waals surface area contributed by atoms with Crippen molar-refractivity contribution in [2.45, 2.75) is 11.8 Å². The monoisotopic (exact) mass is 454 g/mol. The molecule has 0 amide bonds. The van der Waals surface area contributed by atoms with Crippen LogP contribution in [0.2, 0.25) is 0 Å². The van der Waals surface area contributed by atoms with Gasteiger partial charge in [0.25, 0.3) is 0 Å². The van der Waals surface area contributed by atoms with E-state index in [1.54, 1.807) is 0 Å². The minimum absolute atomic E-state index is 0.0531. The van der Waals surface area contributed by atoms with Crippen molar-refractivity contribution in [2.75, 3.05) is 0 Å². The number of carboxylic acids is 2. The fourth-order valence-electron chi connectivity index (χ4n) is 2.93. The van der Waals surface area contributed by atoms with Gasteiger partial charge in [-0.2, -0.15) is 0 Å². The number of fused-ring (bicyclic) bond motifs is 1. The van der Waals surface area contributed by atoms with Crippen LogP contribution in [0.3, 0.4) is 0 Å². The molecule has 2 N–H and O–H groups in total. The van der Waals surface area contributed by atoms with Crippen LogP contribution in [0.4, 0.5) is 0 Å². The Kier molecular flexibility index (Phi) is 6.03. The van der Waals surface area contributed by atoms with E-state index in [1.807, 2.05) is 36.4 Å². The molecule has 5 nitrogen and oxygen atoms in total. The molecule has 2 atom stereocenters. The van der Waals surface area contributed by atoms with E-state index in [2.05, 4.69) is 40.2 Å². The van der Waals surface area contributed by atoms with Crippen molar-refractivity contribution in [3.63, 3.8) is 0 Å². The second-order valence-corrected chi connectivity index (χ2v) is 7.67. The van der Waals surface area contributed by atoms with Gasteiger partial charge in [-0.25, -0.2) is 4.79 Å². The first-order valence-electron chi connectivity index (χ1n) is 8.87. The summed E-state index contributed by atoms with van der Waals surface area (Å²) in [7, 11) is 0. The van der Waals surface area contributed by atoms with E-state index in [4.69, 9.17) is 14.6 Å². The molecular formula is C23H19BrO5. The first-order chi connectivity index (χ1) is 13.8. The number of para-hydroxylation sites is 1. The van der Waals surface area contributed by atoms with E-state index in [0.29, 0.717) is 0 Å². The van der Waals surface area contributed by atoms with Gasteiger partial charge in [0, 0.05) is 10.9 Å². The highest BCUT2D eigenvalue weighted by atomic mass is 79.9. The van der Waals surface area contributed by atoms with E-state index in [0.717, 1.165) is 22.3 Å². The molecule has 0 bridgehead atoms. The van der Waals surface area contributed by atoms with Crippen LogP contribution in [-0.4, -0.2) is 27.0 Å². The summed E-state index contributed by atoms with van der Waals surface area (Å²) >= 11 is 3.10. The number of carbonyl (C=O) groups is 2. The Hall–Kier alpha value is -3.12. The van der Waals surface area contributed by atoms with Crippen LogP contribution in [0.25, 0.3) is 22.3 Å². The molecular weight excluding hydrogens is 436 g/mol. The van der Waals surface area contributed by atoms with Crippen LogP contribution in [0.5, 0.6) is 0 Å². The Morgan fingerprint density at radius 3 is 2.31 bits per heavy atom. The average molecular weight is 455 g/mol. The van der Waals surface area contributed by atoms with Crippen LogP contribution in [0.15, 0.2) is 88.9 Å². The highest BCUT2D eigenvalue weighted by Crippen LogP contribution is 2.37. The van der Waals surface area contributed by atoms with Crippen molar-refractivity contribution in [1.29, 1.82) is 0 Å². The van der Waals surface area contributed by atoms with Crippen molar-refractivity contribution < 1.29 is 24.2 Å². The highest BCUT2D eigenvalue weighted by molar-refractivity contribution is 9.09. The largest absolute Gasteiger partial charge is 0.481 e. The molecule has 6 heteroatoms. The third-order valence-electron chi connectivity index (χ3n) is 4.71. The number of alkyl halides is 1. The molecule has 2 unspecified atom stereocenters. The van der Waals surface area contributed by atoms with Gasteiger partial charge in [0.2, 0.25) is 0 Å². The summed E-state index contributed by atoms with van der Waals surface area (Å²) in [6, 6.07) is 20.3. The molecule has 148 valence electrons. The molecule has 4 rings (SSSR count). The van der Waals surface area contributed by atoms with Gasteiger partial charge in [0.05, 0.1) is 10.4 Å². The van der Waals surface area contributed by atoms with E-state index in [1.165, 1.54) is 25.2 Å². The second kappa shape index (κ2) is 8.49. The van der Waals surface area contributed by atoms with E-state index >= 15 is 0 Å². The Morgan fingerprint density at radius 2 is 1.69 bits per heavy atom. The summed E-state index contributed by atoms with van der Waals surface area (Å²) < 4.78 is 5.75. The minimum atomic E-state index is -1.21. The quantitative estimate of drug-likeness (QED) is 0.508. The molecule has 1 aliphatic rings. The molecule has 0 spiro atoms. The number of aliphatic carboxylic acids is 2. The van der Waals surface area contributed by atoms with Crippen molar-refractivity contribution in [3.05, 3.63) is 84.5 Å². The van der Waals surface area contributed by atoms with Gasteiger partial charge in [-0.05, 0) is 19.1 Å². The van der Waals surface area contributed by atoms with E-state index < -0.39 is 22.2 Å². The number of benzene rings is 2. The van der Waals surface area contributed by atoms with Crippen LogP contribution in [0, 0.1) is 5.41 Å². The van der Waals surface area contributed by atoms with Crippen LogP contribution < -0.4 is 0 Å². The molecule has 2 aromatic carbocycles. The molecule has 3 aromatic rings. The second-order valence-electron chi connectivity index (χ2n) is 6.75. The fourth-order valence-corrected chi connectivity index (χ4v) is 3.63. The number of hydrogen-bond donors (Lipinski definition) is 2. The molecule has 1 aliphatic carbocycles. The zero-order valence-corrected chi connectivity index (χ0v) is 17.2. The summed E-state index contributed by atoms with van der Waals surface area (Å²) in [5, 5.41) is 18.9. The average Bonchev–Trinajstić information content (AvgIpc) is 3.15. The standard InChI is InChI=1S/C14H10O.C9H9BrO4/c1-2-6-11(7-3-1)14-10-12-8-4-5-9-13(12)15-14;1-9(8(13)14)4-2-3-5(6(9)10)7(11)12/h1-10H;2-4,6H,1H3,(H,11,12)(H,13,14). The lowest BCUT2D eigenvalue weighted by Gasteiger charge is -2.29. The van der Waals surface area contributed by atoms with Gasteiger partial charge >= 0.3 is 11.9 Å². The Balaban J connectivity index is 0.000000166. The van der Waals surface area contributed by atoms with Crippen LogP contribution >= 0.6 is 15.9 Å². The third-order valence-corrected chi connectivity index (χ3v) is 6.15. The Morgan fingerprint density at radius 1 is 1.03 bits per heavy atom. The zero-order chi connectivity index (χ0) is 21.0. The van der Waals surface area contributed by atoms with Crippen LogP contribution in [-0.2, 0) is 9.59 Å². The van der Waals surface area contributed by atoms with Crippen molar-refractivity contribution in [1.82, 2.24) is 0 Å². The molecule has 1 aromatic heterocycles. The maximum Gasteiger partial charge on any atom is 0.332 e. The lowest BCUT2D eigenvalue weighted by Crippen LogP contribution is -2.38. The third kappa shape index (κ3) is 4.32. The molecule has 0 saturated heterocycles. The molecule has 0 fully saturated rings. The zero-order valence-electron chi connectivity index (χ0n) is 15.6. The predicted molar refractivity (Wildman–Crippen MR) is 115 cm³/mol. The molecule has 0 radical (unpaired) electrons. The smallest absolute Gasteiger partial charge is 0.332 e. The summed E-state index contributed by atoms with van der Waals surface area (Å²) in [6.45, 7) is 1.47. The number of halogens is 1. The minimum Gasteiger partial charge on any atom is -0.481 e. The van der Waals surface area contributed by atoms with E-state index in [9.17, 15) is 9.59 Å². The summed E-state index contributed by atoms with van der Waals surface area (Å²) in [5.74, 6) is -1.23. The van der Waals surface area contributed by atoms with Crippen molar-refractivity contribution in [3.8, 4) is 11.3 Å². The first kappa shape index (κ1) is 20.6. The van der Waals surface area contributed by atoms with Crippen LogP contribution in [0.1, 0.15) is 6.92 Å². The van der Waals surface area contributed by atoms with Gasteiger partial charge in [-0.15, -0.1) is 0 Å². The molecule has 1 heterocycles. The number of furan rings is 1. The highest BCUT2D eigenvalue weighted by Gasteiger charge is 2.43. The van der Waals surface area contributed by atoms with Gasteiger partial charge in [0.1, 0.15) is 16.8 Å². The maximum atomic E-state index is 11.0. The van der Waals surface area contributed by atoms with Crippen molar-refractivity contribution in [2.24, 2.45) is 5.41 Å². The Bertz CT molecular complexity index is 1060. The Labute approximate surface area is 176 Å². The fraction of sp³-hybridized carbons (Fsp3) is 0.130. The summed E-state index contributed by atoms with van der Waals surface area (Å²) in [6.07, 6.45) is 4.32. The van der Waals surface area contributed by atoms with Gasteiger partial charge in [-0.3, -0.25) is 4.79 Å². The number of hydrogen-bond acceptors (Lipinski definition) is 3. The maximum absolute atomic E-state index is 11.0. The van der Waals surface area contributed by atoms with Crippen molar-refractivity contribution >= 4 is 38.8 Å². The van der Waals surface area contributed by atoms with Gasteiger partial charge in [0.15, 0.2) is 0 Å². The predicted octanol–water partition coefficient (Wildman–Crippen LogP) is 5.52.